The average Bonchev–Trinajstić information content (AvgIpc) is 3.23. The summed E-state index contributed by atoms with van der Waals surface area (Å²) in [6, 6.07) is 9.14. The van der Waals surface area contributed by atoms with Gasteiger partial charge in [-0.2, -0.15) is 10.1 Å². The molecule has 0 aliphatic rings. The molecule has 0 spiro atoms. The molecule has 2 aromatic heterocycles. The Morgan fingerprint density at radius 1 is 1.28 bits per heavy atom. The lowest BCUT2D eigenvalue weighted by molar-refractivity contribution is 0.380. The number of benzene rings is 1. The van der Waals surface area contributed by atoms with Gasteiger partial charge < -0.3 is 4.52 Å². The van der Waals surface area contributed by atoms with Crippen molar-refractivity contribution in [3.8, 4) is 0 Å². The summed E-state index contributed by atoms with van der Waals surface area (Å²) in [4.78, 5) is 4.19. The standard InChI is InChI=1S/C16H19N5O3S/c1-3-15(16-18-12(2)24-19-16)20-25(22,23)14-9-17-21(11-14)10-13-7-5-4-6-8-13/h4-9,11,15,20H,3,10H2,1-2H3/t15-/m0/s1. The SMILES string of the molecule is CC[C@H](NS(=O)(=O)c1cnn(Cc2ccccc2)c1)c1noc(C)n1. The first-order valence-corrected chi connectivity index (χ1v) is 9.35. The Labute approximate surface area is 145 Å². The van der Waals surface area contributed by atoms with Gasteiger partial charge in [0, 0.05) is 13.1 Å². The first-order chi connectivity index (χ1) is 12.0. The van der Waals surface area contributed by atoms with Gasteiger partial charge in [0.15, 0.2) is 5.82 Å². The Hall–Kier alpha value is -2.52. The molecule has 2 heterocycles. The maximum absolute atomic E-state index is 12.6. The van der Waals surface area contributed by atoms with Crippen molar-refractivity contribution < 1.29 is 12.9 Å². The van der Waals surface area contributed by atoms with E-state index in [0.29, 0.717) is 24.7 Å². The second-order valence-electron chi connectivity index (χ2n) is 5.61. The number of aryl methyl sites for hydroxylation is 1. The summed E-state index contributed by atoms with van der Waals surface area (Å²) in [5.41, 5.74) is 1.04. The van der Waals surface area contributed by atoms with E-state index in [4.69, 9.17) is 4.52 Å². The normalized spacial score (nSPS) is 13.0. The molecule has 3 rings (SSSR count). The van der Waals surface area contributed by atoms with Gasteiger partial charge in [0.2, 0.25) is 15.9 Å². The minimum Gasteiger partial charge on any atom is -0.340 e. The van der Waals surface area contributed by atoms with Gasteiger partial charge in [0.25, 0.3) is 0 Å². The highest BCUT2D eigenvalue weighted by Gasteiger charge is 2.24. The van der Waals surface area contributed by atoms with Gasteiger partial charge in [-0.25, -0.2) is 13.1 Å². The van der Waals surface area contributed by atoms with E-state index in [-0.39, 0.29) is 4.90 Å². The number of hydrogen-bond acceptors (Lipinski definition) is 6. The lowest BCUT2D eigenvalue weighted by atomic mass is 10.2. The number of aromatic nitrogens is 4. The second kappa shape index (κ2) is 7.16. The van der Waals surface area contributed by atoms with Crippen LogP contribution in [0.25, 0.3) is 0 Å². The third kappa shape index (κ3) is 4.12. The number of nitrogens with zero attached hydrogens (tertiary/aromatic N) is 4. The molecule has 8 nitrogen and oxygen atoms in total. The number of hydrogen-bond donors (Lipinski definition) is 1. The van der Waals surface area contributed by atoms with Gasteiger partial charge in [-0.15, -0.1) is 0 Å². The van der Waals surface area contributed by atoms with Crippen LogP contribution in [-0.4, -0.2) is 28.3 Å². The Morgan fingerprint density at radius 2 is 2.04 bits per heavy atom. The highest BCUT2D eigenvalue weighted by atomic mass is 32.2. The molecule has 0 saturated heterocycles. The molecule has 0 aliphatic heterocycles. The molecule has 0 amide bonds. The monoisotopic (exact) mass is 361 g/mol. The highest BCUT2D eigenvalue weighted by molar-refractivity contribution is 7.89. The van der Waals surface area contributed by atoms with Gasteiger partial charge in [-0.3, -0.25) is 4.68 Å². The summed E-state index contributed by atoms with van der Waals surface area (Å²) in [5.74, 6) is 0.712. The molecule has 1 atom stereocenters. The molecule has 9 heteroatoms. The fraction of sp³-hybridized carbons (Fsp3) is 0.312. The molecule has 1 N–H and O–H groups in total. The van der Waals surface area contributed by atoms with Gasteiger partial charge >= 0.3 is 0 Å². The van der Waals surface area contributed by atoms with Crippen LogP contribution >= 0.6 is 0 Å². The van der Waals surface area contributed by atoms with Crippen LogP contribution in [0.4, 0.5) is 0 Å². The molecule has 0 saturated carbocycles. The fourth-order valence-corrected chi connectivity index (χ4v) is 3.60. The smallest absolute Gasteiger partial charge is 0.244 e. The molecule has 0 radical (unpaired) electrons. The van der Waals surface area contributed by atoms with E-state index in [1.807, 2.05) is 37.3 Å². The van der Waals surface area contributed by atoms with E-state index in [1.165, 1.54) is 12.4 Å². The van der Waals surface area contributed by atoms with Crippen molar-refractivity contribution in [3.63, 3.8) is 0 Å². The Bertz CT molecular complexity index is 934. The molecule has 132 valence electrons. The Morgan fingerprint density at radius 3 is 2.68 bits per heavy atom. The largest absolute Gasteiger partial charge is 0.340 e. The Kier molecular flexibility index (Phi) is 4.95. The van der Waals surface area contributed by atoms with Gasteiger partial charge in [-0.05, 0) is 12.0 Å². The second-order valence-corrected chi connectivity index (χ2v) is 7.33. The van der Waals surface area contributed by atoms with Crippen molar-refractivity contribution in [2.24, 2.45) is 0 Å². The predicted molar refractivity (Wildman–Crippen MR) is 90.2 cm³/mol. The molecule has 0 unspecified atom stereocenters. The zero-order chi connectivity index (χ0) is 17.9. The quantitative estimate of drug-likeness (QED) is 0.691. The summed E-state index contributed by atoms with van der Waals surface area (Å²) in [6.07, 6.45) is 3.33. The van der Waals surface area contributed by atoms with Crippen molar-refractivity contribution in [3.05, 3.63) is 60.0 Å². The maximum Gasteiger partial charge on any atom is 0.244 e. The molecule has 3 aromatic rings. The third-order valence-electron chi connectivity index (χ3n) is 3.67. The summed E-state index contributed by atoms with van der Waals surface area (Å²) < 4.78 is 34.3. The number of nitrogens with one attached hydrogen (secondary N) is 1. The first-order valence-electron chi connectivity index (χ1n) is 7.87. The first kappa shape index (κ1) is 17.3. The van der Waals surface area contributed by atoms with Gasteiger partial charge in [0.05, 0.1) is 18.8 Å². The van der Waals surface area contributed by atoms with Crippen LogP contribution < -0.4 is 4.72 Å². The van der Waals surface area contributed by atoms with E-state index in [9.17, 15) is 8.42 Å². The maximum atomic E-state index is 12.6. The van der Waals surface area contributed by atoms with E-state index in [1.54, 1.807) is 11.6 Å². The molecule has 0 aliphatic carbocycles. The van der Waals surface area contributed by atoms with Crippen molar-refractivity contribution in [2.75, 3.05) is 0 Å². The summed E-state index contributed by atoms with van der Waals surface area (Å²) >= 11 is 0. The van der Waals surface area contributed by atoms with E-state index < -0.39 is 16.1 Å². The minimum absolute atomic E-state index is 0.0992. The van der Waals surface area contributed by atoms with Crippen molar-refractivity contribution in [2.45, 2.75) is 37.8 Å². The van der Waals surface area contributed by atoms with E-state index in [0.717, 1.165) is 5.56 Å². The molecule has 25 heavy (non-hydrogen) atoms. The van der Waals surface area contributed by atoms with Crippen molar-refractivity contribution >= 4 is 10.0 Å². The van der Waals surface area contributed by atoms with Crippen LogP contribution in [0.2, 0.25) is 0 Å². The third-order valence-corrected chi connectivity index (χ3v) is 5.09. The predicted octanol–water partition coefficient (Wildman–Crippen LogP) is 2.05. The lowest BCUT2D eigenvalue weighted by Crippen LogP contribution is -2.28. The Balaban J connectivity index is 1.76. The van der Waals surface area contributed by atoms with Crippen LogP contribution in [0, 0.1) is 6.92 Å². The zero-order valence-electron chi connectivity index (χ0n) is 14.0. The molecule has 1 aromatic carbocycles. The summed E-state index contributed by atoms with van der Waals surface area (Å²) in [6.45, 7) is 4.00. The van der Waals surface area contributed by atoms with Crippen LogP contribution in [0.1, 0.15) is 36.7 Å². The van der Waals surface area contributed by atoms with Gasteiger partial charge in [0.1, 0.15) is 4.90 Å². The molecule has 0 fully saturated rings. The van der Waals surface area contributed by atoms with E-state index >= 15 is 0 Å². The molecule has 0 bridgehead atoms. The minimum atomic E-state index is -3.74. The van der Waals surface area contributed by atoms with Crippen molar-refractivity contribution in [1.29, 1.82) is 0 Å². The number of rotatable bonds is 7. The number of sulfonamides is 1. The zero-order valence-corrected chi connectivity index (χ0v) is 14.8. The highest BCUT2D eigenvalue weighted by Crippen LogP contribution is 2.18. The average molecular weight is 361 g/mol. The fourth-order valence-electron chi connectivity index (χ4n) is 2.37. The van der Waals surface area contributed by atoms with E-state index in [2.05, 4.69) is 20.0 Å². The summed E-state index contributed by atoms with van der Waals surface area (Å²) in [7, 11) is -3.74. The van der Waals surface area contributed by atoms with Crippen LogP contribution in [0.15, 0.2) is 52.1 Å². The van der Waals surface area contributed by atoms with Crippen LogP contribution in [-0.2, 0) is 16.6 Å². The topological polar surface area (TPSA) is 103 Å². The summed E-state index contributed by atoms with van der Waals surface area (Å²) in [5, 5.41) is 7.93. The van der Waals surface area contributed by atoms with Crippen LogP contribution in [0.5, 0.6) is 0 Å². The van der Waals surface area contributed by atoms with Crippen molar-refractivity contribution in [1.82, 2.24) is 24.6 Å². The van der Waals surface area contributed by atoms with Gasteiger partial charge in [-0.1, -0.05) is 42.4 Å². The molecular formula is C16H19N5O3S. The lowest BCUT2D eigenvalue weighted by Gasteiger charge is -2.12. The van der Waals surface area contributed by atoms with Crippen LogP contribution in [0.3, 0.4) is 0 Å². The molecular weight excluding hydrogens is 342 g/mol.